The van der Waals surface area contributed by atoms with E-state index in [2.05, 4.69) is 15.3 Å². The number of aryl methyl sites for hydroxylation is 1. The Morgan fingerprint density at radius 3 is 2.61 bits per heavy atom. The van der Waals surface area contributed by atoms with Crippen molar-refractivity contribution < 1.29 is 19.1 Å². The van der Waals surface area contributed by atoms with Crippen LogP contribution in [0.1, 0.15) is 46.0 Å². The number of hydrogen-bond donors (Lipinski definition) is 1. The number of carbonyl (C=O) groups excluding carboxylic acids is 2. The molecule has 0 spiro atoms. The molecular formula is C19H20N4O5. The molecule has 2 aromatic heterocycles. The molecule has 28 heavy (non-hydrogen) atoms. The topological polar surface area (TPSA) is 116 Å². The Kier molecular flexibility index (Phi) is 5.25. The first kappa shape index (κ1) is 19.3. The summed E-state index contributed by atoms with van der Waals surface area (Å²) < 4.78 is 11.4. The Balaban J connectivity index is 1.80. The zero-order chi connectivity index (χ0) is 20.4. The average molecular weight is 384 g/mol. The third kappa shape index (κ3) is 3.64. The summed E-state index contributed by atoms with van der Waals surface area (Å²) in [5, 5.41) is 8.08. The van der Waals surface area contributed by atoms with Gasteiger partial charge in [0.05, 0.1) is 17.1 Å². The van der Waals surface area contributed by atoms with E-state index in [1.807, 2.05) is 0 Å². The lowest BCUT2D eigenvalue weighted by Gasteiger charge is -2.08. The van der Waals surface area contributed by atoms with Crippen molar-refractivity contribution in [3.8, 4) is 0 Å². The molecule has 0 saturated carbocycles. The number of nitrogens with zero attached hydrogens (tertiary/aromatic N) is 3. The summed E-state index contributed by atoms with van der Waals surface area (Å²) in [5.41, 5.74) is 1.37. The van der Waals surface area contributed by atoms with E-state index in [1.54, 1.807) is 52.0 Å². The number of fused-ring (bicyclic) bond motifs is 1. The van der Waals surface area contributed by atoms with E-state index in [0.29, 0.717) is 27.7 Å². The van der Waals surface area contributed by atoms with Crippen LogP contribution in [0.5, 0.6) is 0 Å². The van der Waals surface area contributed by atoms with Gasteiger partial charge in [0.1, 0.15) is 11.2 Å². The first-order valence-corrected chi connectivity index (χ1v) is 8.69. The van der Waals surface area contributed by atoms with Gasteiger partial charge < -0.3 is 14.5 Å². The predicted molar refractivity (Wildman–Crippen MR) is 100 cm³/mol. The highest BCUT2D eigenvalue weighted by Gasteiger charge is 2.24. The van der Waals surface area contributed by atoms with E-state index in [0.717, 1.165) is 4.68 Å². The zero-order valence-electron chi connectivity index (χ0n) is 16.0. The van der Waals surface area contributed by atoms with Gasteiger partial charge in [-0.25, -0.2) is 9.59 Å². The number of aromatic nitrogens is 4. The molecule has 0 aliphatic heterocycles. The molecule has 0 saturated heterocycles. The Morgan fingerprint density at radius 2 is 1.89 bits per heavy atom. The fraction of sp³-hybridized carbons (Fsp3) is 0.316. The van der Waals surface area contributed by atoms with Crippen LogP contribution in [0.3, 0.4) is 0 Å². The molecule has 0 bridgehead atoms. The SMILES string of the molecule is Cc1[nH]c(C(=O)OCn2nnc3ccccc3c2=O)c(C)c1C(=O)OC(C)C. The summed E-state index contributed by atoms with van der Waals surface area (Å²) in [7, 11) is 0. The molecule has 0 atom stereocenters. The van der Waals surface area contributed by atoms with Gasteiger partial charge in [-0.3, -0.25) is 4.79 Å². The maximum Gasteiger partial charge on any atom is 0.356 e. The summed E-state index contributed by atoms with van der Waals surface area (Å²) in [4.78, 5) is 39.9. The second-order valence-electron chi connectivity index (χ2n) is 6.55. The lowest BCUT2D eigenvalue weighted by atomic mass is 10.1. The van der Waals surface area contributed by atoms with Gasteiger partial charge in [-0.1, -0.05) is 17.3 Å². The number of aromatic amines is 1. The predicted octanol–water partition coefficient (Wildman–Crippen LogP) is 2.12. The van der Waals surface area contributed by atoms with Crippen LogP contribution in [0, 0.1) is 13.8 Å². The van der Waals surface area contributed by atoms with Gasteiger partial charge in [-0.15, -0.1) is 5.10 Å². The molecule has 0 aliphatic carbocycles. The third-order valence-electron chi connectivity index (χ3n) is 4.14. The summed E-state index contributed by atoms with van der Waals surface area (Å²) in [6, 6.07) is 6.75. The van der Waals surface area contributed by atoms with Crippen molar-refractivity contribution in [2.45, 2.75) is 40.5 Å². The van der Waals surface area contributed by atoms with Crippen LogP contribution < -0.4 is 5.56 Å². The molecule has 146 valence electrons. The van der Waals surface area contributed by atoms with Crippen molar-refractivity contribution in [2.24, 2.45) is 0 Å². The van der Waals surface area contributed by atoms with Crippen molar-refractivity contribution >= 4 is 22.8 Å². The average Bonchev–Trinajstić information content (AvgIpc) is 2.95. The highest BCUT2D eigenvalue weighted by Crippen LogP contribution is 2.20. The first-order valence-electron chi connectivity index (χ1n) is 8.69. The number of H-pyrrole nitrogens is 1. The molecule has 1 N–H and O–H groups in total. The summed E-state index contributed by atoms with van der Waals surface area (Å²) in [5.74, 6) is -1.23. The molecule has 1 aromatic carbocycles. The number of ether oxygens (including phenoxy) is 2. The van der Waals surface area contributed by atoms with Crippen LogP contribution in [0.25, 0.3) is 10.9 Å². The second-order valence-corrected chi connectivity index (χ2v) is 6.55. The van der Waals surface area contributed by atoms with Crippen LogP contribution in [-0.4, -0.2) is 38.0 Å². The summed E-state index contributed by atoms with van der Waals surface area (Å²) >= 11 is 0. The maximum atomic E-state index is 12.5. The second kappa shape index (κ2) is 7.63. The van der Waals surface area contributed by atoms with Crippen molar-refractivity contribution in [2.75, 3.05) is 0 Å². The lowest BCUT2D eigenvalue weighted by Crippen LogP contribution is -2.26. The maximum absolute atomic E-state index is 12.5. The monoisotopic (exact) mass is 384 g/mol. The number of esters is 2. The number of rotatable bonds is 5. The smallest absolute Gasteiger partial charge is 0.356 e. The standard InChI is InChI=1S/C19H20N4O5/c1-10(2)28-18(25)15-11(3)16(20-12(15)4)19(26)27-9-23-17(24)13-7-5-6-8-14(13)21-22-23/h5-8,10,20H,9H2,1-4H3. The molecule has 9 heteroatoms. The zero-order valence-corrected chi connectivity index (χ0v) is 16.0. The van der Waals surface area contributed by atoms with Gasteiger partial charge in [0.15, 0.2) is 6.73 Å². The van der Waals surface area contributed by atoms with E-state index in [1.165, 1.54) is 0 Å². The molecule has 2 heterocycles. The van der Waals surface area contributed by atoms with E-state index >= 15 is 0 Å². The minimum Gasteiger partial charge on any atom is -0.459 e. The van der Waals surface area contributed by atoms with Crippen LogP contribution in [0.15, 0.2) is 29.1 Å². The lowest BCUT2D eigenvalue weighted by molar-refractivity contribution is 0.0329. The quantitative estimate of drug-likeness (QED) is 0.670. The Labute approximate surface area is 160 Å². The summed E-state index contributed by atoms with van der Waals surface area (Å²) in [6.45, 7) is 6.37. The van der Waals surface area contributed by atoms with Crippen LogP contribution >= 0.6 is 0 Å². The van der Waals surface area contributed by atoms with Crippen LogP contribution in [-0.2, 0) is 16.2 Å². The van der Waals surface area contributed by atoms with Gasteiger partial charge in [0.25, 0.3) is 5.56 Å². The number of nitrogens with one attached hydrogen (secondary N) is 1. The number of carbonyl (C=O) groups is 2. The molecule has 9 nitrogen and oxygen atoms in total. The highest BCUT2D eigenvalue weighted by molar-refractivity contribution is 5.98. The van der Waals surface area contributed by atoms with Crippen molar-refractivity contribution in [1.82, 2.24) is 20.0 Å². The van der Waals surface area contributed by atoms with E-state index in [9.17, 15) is 14.4 Å². The van der Waals surface area contributed by atoms with Gasteiger partial charge in [0.2, 0.25) is 0 Å². The van der Waals surface area contributed by atoms with Gasteiger partial charge in [0, 0.05) is 5.69 Å². The molecule has 0 fully saturated rings. The van der Waals surface area contributed by atoms with E-state index < -0.39 is 24.2 Å². The van der Waals surface area contributed by atoms with Crippen molar-refractivity contribution in [1.29, 1.82) is 0 Å². The number of benzene rings is 1. The van der Waals surface area contributed by atoms with Crippen molar-refractivity contribution in [3.05, 3.63) is 57.1 Å². The fourth-order valence-electron chi connectivity index (χ4n) is 2.83. The molecule has 0 unspecified atom stereocenters. The van der Waals surface area contributed by atoms with Crippen molar-refractivity contribution in [3.63, 3.8) is 0 Å². The molecule has 0 aliphatic rings. The minimum absolute atomic E-state index is 0.120. The van der Waals surface area contributed by atoms with Crippen LogP contribution in [0.4, 0.5) is 0 Å². The fourth-order valence-corrected chi connectivity index (χ4v) is 2.83. The highest BCUT2D eigenvalue weighted by atomic mass is 16.5. The Morgan fingerprint density at radius 1 is 1.18 bits per heavy atom. The third-order valence-corrected chi connectivity index (χ3v) is 4.14. The Bertz CT molecular complexity index is 1110. The normalized spacial score (nSPS) is 11.0. The molecular weight excluding hydrogens is 364 g/mol. The molecule has 3 aromatic rings. The first-order chi connectivity index (χ1) is 13.3. The van der Waals surface area contributed by atoms with E-state index in [4.69, 9.17) is 9.47 Å². The van der Waals surface area contributed by atoms with Crippen LogP contribution in [0.2, 0.25) is 0 Å². The molecule has 3 rings (SSSR count). The molecule has 0 amide bonds. The molecule has 0 radical (unpaired) electrons. The van der Waals surface area contributed by atoms with Gasteiger partial charge in [-0.2, -0.15) is 4.68 Å². The number of hydrogen-bond acceptors (Lipinski definition) is 7. The Hall–Kier alpha value is -3.49. The van der Waals surface area contributed by atoms with E-state index in [-0.39, 0.29) is 11.8 Å². The summed E-state index contributed by atoms with van der Waals surface area (Å²) in [6.07, 6.45) is -0.282. The van der Waals surface area contributed by atoms with Gasteiger partial charge in [-0.05, 0) is 45.4 Å². The minimum atomic E-state index is -0.717. The largest absolute Gasteiger partial charge is 0.459 e. The van der Waals surface area contributed by atoms with Gasteiger partial charge >= 0.3 is 11.9 Å².